The lowest BCUT2D eigenvalue weighted by Gasteiger charge is -2.16. The van der Waals surface area contributed by atoms with E-state index in [1.54, 1.807) is 12.1 Å². The lowest BCUT2D eigenvalue weighted by Crippen LogP contribution is -2.40. The van der Waals surface area contributed by atoms with Crippen LogP contribution < -0.4 is 16.4 Å². The topological polar surface area (TPSA) is 106 Å². The fourth-order valence-electron chi connectivity index (χ4n) is 2.19. The van der Waals surface area contributed by atoms with Crippen LogP contribution in [0.1, 0.15) is 42.3 Å². The first kappa shape index (κ1) is 18.5. The maximum Gasteiger partial charge on any atom is 0.337 e. The summed E-state index contributed by atoms with van der Waals surface area (Å²) in [4.78, 5) is 27.7. The first-order valence-electron chi connectivity index (χ1n) is 7.58. The molecular weight excluding hydrogens is 296 g/mol. The summed E-state index contributed by atoms with van der Waals surface area (Å²) >= 11 is 0. The zero-order valence-corrected chi connectivity index (χ0v) is 14.0. The lowest BCUT2D eigenvalue weighted by atomic mass is 9.99. The van der Waals surface area contributed by atoms with E-state index >= 15 is 0 Å². The highest BCUT2D eigenvalue weighted by Gasteiger charge is 2.15. The van der Waals surface area contributed by atoms with Gasteiger partial charge in [0.1, 0.15) is 0 Å². The molecule has 0 unspecified atom stereocenters. The molecule has 4 N–H and O–H groups in total. The number of carbonyl (C=O) groups is 2. The molecule has 0 aliphatic rings. The van der Waals surface area contributed by atoms with E-state index in [9.17, 15) is 9.59 Å². The molecule has 0 atom stereocenters. The molecule has 0 radical (unpaired) electrons. The van der Waals surface area contributed by atoms with Crippen LogP contribution in [0.4, 0.5) is 10.5 Å². The third-order valence-electron chi connectivity index (χ3n) is 3.29. The van der Waals surface area contributed by atoms with Gasteiger partial charge in [0, 0.05) is 12.2 Å². The fourth-order valence-corrected chi connectivity index (χ4v) is 2.19. The number of nitrogens with zero attached hydrogens (tertiary/aromatic N) is 1. The Balaban J connectivity index is 3.12. The van der Waals surface area contributed by atoms with Crippen molar-refractivity contribution in [3.8, 4) is 0 Å². The molecule has 1 aromatic carbocycles. The van der Waals surface area contributed by atoms with Crippen LogP contribution in [0.25, 0.3) is 0 Å². The third kappa shape index (κ3) is 4.98. The summed E-state index contributed by atoms with van der Waals surface area (Å²) in [5.41, 5.74) is 8.44. The molecule has 0 fully saturated rings. The number of amides is 2. The zero-order valence-electron chi connectivity index (χ0n) is 14.0. The Morgan fingerprint density at radius 1 is 1.17 bits per heavy atom. The molecule has 1 aromatic rings. The summed E-state index contributed by atoms with van der Waals surface area (Å²) < 4.78 is 4.76. The normalized spacial score (nSPS) is 11.0. The van der Waals surface area contributed by atoms with Gasteiger partial charge >= 0.3 is 12.0 Å². The largest absolute Gasteiger partial charge is 0.465 e. The van der Waals surface area contributed by atoms with Crippen molar-refractivity contribution >= 4 is 23.6 Å². The van der Waals surface area contributed by atoms with Crippen molar-refractivity contribution in [3.63, 3.8) is 0 Å². The summed E-state index contributed by atoms with van der Waals surface area (Å²) in [7, 11) is 1.34. The number of aryl methyl sites for hydroxylation is 2. The molecule has 0 aliphatic heterocycles. The van der Waals surface area contributed by atoms with Gasteiger partial charge < -0.3 is 15.8 Å². The minimum absolute atomic E-state index is 0.0623. The van der Waals surface area contributed by atoms with E-state index in [2.05, 4.69) is 15.6 Å². The number of carbonyl (C=O) groups excluding carboxylic acids is 2. The molecule has 126 valence electrons. The number of hydrogen-bond acceptors (Lipinski definition) is 4. The average Bonchev–Trinajstić information content (AvgIpc) is 2.54. The molecule has 0 spiro atoms. The number of hydrogen-bond donors (Lipinski definition) is 3. The molecule has 2 amide bonds. The highest BCUT2D eigenvalue weighted by Crippen LogP contribution is 2.25. The fraction of sp³-hybridized carbons (Fsp3) is 0.438. The molecule has 7 nitrogen and oxygen atoms in total. The summed E-state index contributed by atoms with van der Waals surface area (Å²) in [6.07, 6.45) is 1.32. The van der Waals surface area contributed by atoms with Gasteiger partial charge in [-0.1, -0.05) is 13.8 Å². The van der Waals surface area contributed by atoms with Crippen LogP contribution in [-0.4, -0.2) is 31.6 Å². The number of esters is 1. The van der Waals surface area contributed by atoms with Gasteiger partial charge in [-0.2, -0.15) is 0 Å². The number of anilines is 1. The standard InChI is InChI=1S/C16H24N4O3/c1-5-10-8-12(14(21)23-4)9-11(6-2)13(10)19-16(22)20-15(17)18-7-3/h8-9H,5-7H2,1-4H3,(H4,17,18,19,20,22). The van der Waals surface area contributed by atoms with Crippen LogP contribution in [0.2, 0.25) is 0 Å². The first-order chi connectivity index (χ1) is 11.0. The second-order valence-corrected chi connectivity index (χ2v) is 4.81. The highest BCUT2D eigenvalue weighted by molar-refractivity contribution is 6.03. The highest BCUT2D eigenvalue weighted by atomic mass is 16.5. The number of ether oxygens (including phenoxy) is 1. The lowest BCUT2D eigenvalue weighted by molar-refractivity contribution is 0.0600. The Morgan fingerprint density at radius 3 is 2.17 bits per heavy atom. The Bertz CT molecular complexity index is 586. The SMILES string of the molecule is CCN=C(N)NC(=O)Nc1c(CC)cc(C(=O)OC)cc1CC. The summed E-state index contributed by atoms with van der Waals surface area (Å²) in [6.45, 7) is 6.21. The predicted molar refractivity (Wildman–Crippen MR) is 90.9 cm³/mol. The minimum atomic E-state index is -0.463. The molecule has 7 heteroatoms. The van der Waals surface area contributed by atoms with Crippen LogP contribution >= 0.6 is 0 Å². The van der Waals surface area contributed by atoms with E-state index < -0.39 is 12.0 Å². The van der Waals surface area contributed by atoms with Gasteiger partial charge in [-0.05, 0) is 43.0 Å². The number of nitrogens with two attached hydrogens (primary N) is 1. The van der Waals surface area contributed by atoms with Gasteiger partial charge in [-0.15, -0.1) is 0 Å². The molecular formula is C16H24N4O3. The summed E-state index contributed by atoms with van der Waals surface area (Å²) in [6, 6.07) is 2.99. The van der Waals surface area contributed by atoms with Crippen LogP contribution in [0.15, 0.2) is 17.1 Å². The van der Waals surface area contributed by atoms with Crippen LogP contribution in [-0.2, 0) is 17.6 Å². The molecule has 23 heavy (non-hydrogen) atoms. The van der Waals surface area contributed by atoms with E-state index in [1.165, 1.54) is 7.11 Å². The molecule has 0 aliphatic carbocycles. The van der Waals surface area contributed by atoms with Gasteiger partial charge in [-0.3, -0.25) is 10.3 Å². The van der Waals surface area contributed by atoms with Crippen molar-refractivity contribution in [2.24, 2.45) is 10.7 Å². The smallest absolute Gasteiger partial charge is 0.337 e. The third-order valence-corrected chi connectivity index (χ3v) is 3.29. The number of methoxy groups -OCH3 is 1. The van der Waals surface area contributed by atoms with Crippen molar-refractivity contribution in [1.29, 1.82) is 0 Å². The van der Waals surface area contributed by atoms with E-state index in [0.29, 0.717) is 30.6 Å². The van der Waals surface area contributed by atoms with Crippen molar-refractivity contribution in [2.75, 3.05) is 19.0 Å². The number of urea groups is 1. The molecule has 0 saturated heterocycles. The van der Waals surface area contributed by atoms with Crippen molar-refractivity contribution in [3.05, 3.63) is 28.8 Å². The number of guanidine groups is 1. The van der Waals surface area contributed by atoms with Crippen molar-refractivity contribution < 1.29 is 14.3 Å². The number of nitrogens with one attached hydrogen (secondary N) is 2. The number of rotatable bonds is 5. The van der Waals surface area contributed by atoms with E-state index in [-0.39, 0.29) is 5.96 Å². The van der Waals surface area contributed by atoms with Gasteiger partial charge in [0.25, 0.3) is 0 Å². The Kier molecular flexibility index (Phi) is 7.05. The first-order valence-corrected chi connectivity index (χ1v) is 7.58. The van der Waals surface area contributed by atoms with Gasteiger partial charge in [0.05, 0.1) is 12.7 Å². The van der Waals surface area contributed by atoms with Crippen LogP contribution in [0, 0.1) is 0 Å². The Hall–Kier alpha value is -2.57. The number of aliphatic imine (C=N–C) groups is 1. The molecule has 0 saturated carbocycles. The maximum absolute atomic E-state index is 12.0. The van der Waals surface area contributed by atoms with E-state index in [0.717, 1.165) is 11.1 Å². The predicted octanol–water partition coefficient (Wildman–Crippen LogP) is 2.05. The Labute approximate surface area is 136 Å². The van der Waals surface area contributed by atoms with E-state index in [1.807, 2.05) is 20.8 Å². The van der Waals surface area contributed by atoms with Crippen LogP contribution in [0.3, 0.4) is 0 Å². The van der Waals surface area contributed by atoms with Crippen LogP contribution in [0.5, 0.6) is 0 Å². The summed E-state index contributed by atoms with van der Waals surface area (Å²) in [5, 5.41) is 5.26. The molecule has 0 bridgehead atoms. The molecule has 1 rings (SSSR count). The maximum atomic E-state index is 12.0. The quantitative estimate of drug-likeness (QED) is 0.438. The van der Waals surface area contributed by atoms with Gasteiger partial charge in [0.2, 0.25) is 0 Å². The van der Waals surface area contributed by atoms with Gasteiger partial charge in [-0.25, -0.2) is 9.59 Å². The Morgan fingerprint density at radius 2 is 1.74 bits per heavy atom. The second-order valence-electron chi connectivity index (χ2n) is 4.81. The van der Waals surface area contributed by atoms with Gasteiger partial charge in [0.15, 0.2) is 5.96 Å². The minimum Gasteiger partial charge on any atom is -0.465 e. The monoisotopic (exact) mass is 320 g/mol. The average molecular weight is 320 g/mol. The van der Waals surface area contributed by atoms with E-state index in [4.69, 9.17) is 10.5 Å². The summed E-state index contributed by atoms with van der Waals surface area (Å²) in [5.74, 6) is -0.336. The molecule has 0 aromatic heterocycles. The number of benzene rings is 1. The zero-order chi connectivity index (χ0) is 17.4. The second kappa shape index (κ2) is 8.77. The molecule has 0 heterocycles. The van der Waals surface area contributed by atoms with Crippen molar-refractivity contribution in [1.82, 2.24) is 5.32 Å². The van der Waals surface area contributed by atoms with Crippen molar-refractivity contribution in [2.45, 2.75) is 33.6 Å².